The van der Waals surface area contributed by atoms with E-state index < -0.39 is 0 Å². The van der Waals surface area contributed by atoms with Gasteiger partial charge in [0.25, 0.3) is 0 Å². The minimum atomic E-state index is 0.684. The van der Waals surface area contributed by atoms with Crippen LogP contribution in [0.5, 0.6) is 0 Å². The monoisotopic (exact) mass is 281 g/mol. The van der Waals surface area contributed by atoms with Gasteiger partial charge in [0.1, 0.15) is 0 Å². The zero-order chi connectivity index (χ0) is 11.4. The normalized spacial score (nSPS) is 18.9. The SMILES string of the molecule is NCC(Cc1ccc(Br)cc1)C1CCCC1. The van der Waals surface area contributed by atoms with Crippen molar-refractivity contribution in [2.75, 3.05) is 6.54 Å². The van der Waals surface area contributed by atoms with Gasteiger partial charge in [-0.2, -0.15) is 0 Å². The first-order chi connectivity index (χ1) is 7.79. The highest BCUT2D eigenvalue weighted by molar-refractivity contribution is 9.10. The predicted octanol–water partition coefficient (Wildman–Crippen LogP) is 3.76. The minimum Gasteiger partial charge on any atom is -0.330 e. The van der Waals surface area contributed by atoms with Crippen LogP contribution in [-0.4, -0.2) is 6.54 Å². The van der Waals surface area contributed by atoms with Crippen molar-refractivity contribution in [2.45, 2.75) is 32.1 Å². The van der Waals surface area contributed by atoms with E-state index in [-0.39, 0.29) is 0 Å². The Morgan fingerprint density at radius 3 is 2.38 bits per heavy atom. The van der Waals surface area contributed by atoms with Crippen molar-refractivity contribution in [1.82, 2.24) is 0 Å². The first-order valence-electron chi connectivity index (χ1n) is 6.24. The minimum absolute atomic E-state index is 0.684. The largest absolute Gasteiger partial charge is 0.330 e. The first kappa shape index (κ1) is 12.1. The lowest BCUT2D eigenvalue weighted by Crippen LogP contribution is -2.23. The molecule has 1 aromatic carbocycles. The van der Waals surface area contributed by atoms with E-state index in [9.17, 15) is 0 Å². The van der Waals surface area contributed by atoms with Crippen molar-refractivity contribution in [2.24, 2.45) is 17.6 Å². The molecule has 0 amide bonds. The van der Waals surface area contributed by atoms with Crippen LogP contribution < -0.4 is 5.73 Å². The number of nitrogens with two attached hydrogens (primary N) is 1. The molecule has 1 aliphatic carbocycles. The molecule has 2 heteroatoms. The maximum atomic E-state index is 5.92. The Morgan fingerprint density at radius 1 is 1.19 bits per heavy atom. The van der Waals surface area contributed by atoms with Crippen LogP contribution in [0.4, 0.5) is 0 Å². The van der Waals surface area contributed by atoms with E-state index in [1.54, 1.807) is 0 Å². The van der Waals surface area contributed by atoms with E-state index in [4.69, 9.17) is 5.73 Å². The van der Waals surface area contributed by atoms with E-state index in [0.717, 1.165) is 23.4 Å². The van der Waals surface area contributed by atoms with Gasteiger partial charge in [-0.1, -0.05) is 53.7 Å². The number of hydrogen-bond donors (Lipinski definition) is 1. The lowest BCUT2D eigenvalue weighted by atomic mass is 9.86. The van der Waals surface area contributed by atoms with Gasteiger partial charge in [-0.3, -0.25) is 0 Å². The van der Waals surface area contributed by atoms with Crippen molar-refractivity contribution in [3.63, 3.8) is 0 Å². The van der Waals surface area contributed by atoms with Crippen LogP contribution >= 0.6 is 15.9 Å². The standard InChI is InChI=1S/C14H20BrN/c15-14-7-5-11(6-8-14)9-13(10-16)12-3-1-2-4-12/h5-8,12-13H,1-4,9-10,16H2. The van der Waals surface area contributed by atoms with Crippen molar-refractivity contribution in [3.8, 4) is 0 Å². The molecule has 88 valence electrons. The summed E-state index contributed by atoms with van der Waals surface area (Å²) in [6.07, 6.45) is 6.73. The zero-order valence-corrected chi connectivity index (χ0v) is 11.2. The highest BCUT2D eigenvalue weighted by Crippen LogP contribution is 2.32. The molecule has 2 rings (SSSR count). The smallest absolute Gasteiger partial charge is 0.0175 e. The van der Waals surface area contributed by atoms with Gasteiger partial charge in [0.15, 0.2) is 0 Å². The van der Waals surface area contributed by atoms with Crippen molar-refractivity contribution < 1.29 is 0 Å². The molecule has 1 atom stereocenters. The third kappa shape index (κ3) is 3.08. The molecule has 0 bridgehead atoms. The summed E-state index contributed by atoms with van der Waals surface area (Å²) in [5.74, 6) is 1.55. The summed E-state index contributed by atoms with van der Waals surface area (Å²) >= 11 is 3.47. The fourth-order valence-electron chi connectivity index (χ4n) is 2.79. The Morgan fingerprint density at radius 2 is 1.81 bits per heavy atom. The third-order valence-corrected chi connectivity index (χ3v) is 4.31. The summed E-state index contributed by atoms with van der Waals surface area (Å²) in [5, 5.41) is 0. The Bertz CT molecular complexity index is 314. The molecule has 0 saturated heterocycles. The quantitative estimate of drug-likeness (QED) is 0.894. The molecular weight excluding hydrogens is 262 g/mol. The zero-order valence-electron chi connectivity index (χ0n) is 9.66. The van der Waals surface area contributed by atoms with Gasteiger partial charge in [-0.25, -0.2) is 0 Å². The molecule has 1 unspecified atom stereocenters. The van der Waals surface area contributed by atoms with Gasteiger partial charge in [-0.15, -0.1) is 0 Å². The molecule has 1 saturated carbocycles. The molecule has 0 heterocycles. The maximum absolute atomic E-state index is 5.92. The van der Waals surface area contributed by atoms with Crippen LogP contribution in [0.15, 0.2) is 28.7 Å². The number of hydrogen-bond acceptors (Lipinski definition) is 1. The molecule has 0 aliphatic heterocycles. The van der Waals surface area contributed by atoms with Crippen LogP contribution in [0.3, 0.4) is 0 Å². The topological polar surface area (TPSA) is 26.0 Å². The highest BCUT2D eigenvalue weighted by atomic mass is 79.9. The second-order valence-electron chi connectivity index (χ2n) is 4.87. The fraction of sp³-hybridized carbons (Fsp3) is 0.571. The van der Waals surface area contributed by atoms with E-state index in [1.165, 1.54) is 31.2 Å². The van der Waals surface area contributed by atoms with Crippen LogP contribution in [0.1, 0.15) is 31.2 Å². The summed E-state index contributed by atoms with van der Waals surface area (Å²) in [6, 6.07) is 8.67. The molecule has 1 aromatic rings. The van der Waals surface area contributed by atoms with Crippen LogP contribution in [-0.2, 0) is 6.42 Å². The van der Waals surface area contributed by atoms with Crippen LogP contribution in [0.25, 0.3) is 0 Å². The van der Waals surface area contributed by atoms with E-state index in [0.29, 0.717) is 5.92 Å². The number of halogens is 1. The van der Waals surface area contributed by atoms with Gasteiger partial charge in [0, 0.05) is 4.47 Å². The van der Waals surface area contributed by atoms with E-state index >= 15 is 0 Å². The summed E-state index contributed by atoms with van der Waals surface area (Å²) in [4.78, 5) is 0. The summed E-state index contributed by atoms with van der Waals surface area (Å²) in [7, 11) is 0. The van der Waals surface area contributed by atoms with Crippen molar-refractivity contribution in [1.29, 1.82) is 0 Å². The molecule has 1 nitrogen and oxygen atoms in total. The summed E-state index contributed by atoms with van der Waals surface area (Å²) in [6.45, 7) is 0.834. The second kappa shape index (κ2) is 5.83. The Labute approximate surface area is 107 Å². The number of benzene rings is 1. The fourth-order valence-corrected chi connectivity index (χ4v) is 3.06. The Hall–Kier alpha value is -0.340. The Balaban J connectivity index is 1.97. The van der Waals surface area contributed by atoms with Crippen molar-refractivity contribution in [3.05, 3.63) is 34.3 Å². The van der Waals surface area contributed by atoms with Gasteiger partial charge in [0.05, 0.1) is 0 Å². The molecule has 1 aliphatic rings. The lowest BCUT2D eigenvalue weighted by Gasteiger charge is -2.21. The molecule has 0 radical (unpaired) electrons. The third-order valence-electron chi connectivity index (χ3n) is 3.78. The molecule has 1 fully saturated rings. The first-order valence-corrected chi connectivity index (χ1v) is 7.03. The summed E-state index contributed by atoms with van der Waals surface area (Å²) < 4.78 is 1.15. The maximum Gasteiger partial charge on any atom is 0.0175 e. The summed E-state index contributed by atoms with van der Waals surface area (Å²) in [5.41, 5.74) is 7.34. The van der Waals surface area contributed by atoms with Crippen LogP contribution in [0, 0.1) is 11.8 Å². The van der Waals surface area contributed by atoms with Crippen molar-refractivity contribution >= 4 is 15.9 Å². The molecule has 0 spiro atoms. The molecule has 16 heavy (non-hydrogen) atoms. The van der Waals surface area contributed by atoms with E-state index in [1.807, 2.05) is 0 Å². The molecule has 0 aromatic heterocycles. The Kier molecular flexibility index (Phi) is 4.42. The molecule has 2 N–H and O–H groups in total. The number of rotatable bonds is 4. The average molecular weight is 282 g/mol. The van der Waals surface area contributed by atoms with Gasteiger partial charge in [-0.05, 0) is 42.5 Å². The predicted molar refractivity (Wildman–Crippen MR) is 72.3 cm³/mol. The van der Waals surface area contributed by atoms with Gasteiger partial charge < -0.3 is 5.73 Å². The second-order valence-corrected chi connectivity index (χ2v) is 5.79. The van der Waals surface area contributed by atoms with Gasteiger partial charge >= 0.3 is 0 Å². The highest BCUT2D eigenvalue weighted by Gasteiger charge is 2.23. The van der Waals surface area contributed by atoms with Crippen LogP contribution in [0.2, 0.25) is 0 Å². The van der Waals surface area contributed by atoms with Gasteiger partial charge in [0.2, 0.25) is 0 Å². The lowest BCUT2D eigenvalue weighted by molar-refractivity contribution is 0.345. The van der Waals surface area contributed by atoms with E-state index in [2.05, 4.69) is 40.2 Å². The molecular formula is C14H20BrN. The average Bonchev–Trinajstić information content (AvgIpc) is 2.82.